The molecule has 0 atom stereocenters. The topological polar surface area (TPSA) is 216 Å². The smallest absolute Gasteiger partial charge is 0.481 e. The van der Waals surface area contributed by atoms with Gasteiger partial charge in [0.25, 0.3) is 0 Å². The highest BCUT2D eigenvalue weighted by Gasteiger charge is 2.63. The first-order valence-electron chi connectivity index (χ1n) is 25.8. The van der Waals surface area contributed by atoms with E-state index in [1.165, 1.54) is 31.4 Å². The number of benzene rings is 4. The van der Waals surface area contributed by atoms with Crippen LogP contribution in [-0.2, 0) is 37.7 Å². The highest BCUT2D eigenvalue weighted by Crippen LogP contribution is 2.43. The quantitative estimate of drug-likeness (QED) is 0.0350. The number of nitrogens with one attached hydrogen (secondary N) is 4. The number of nitrogens with zero attached hydrogens (tertiary/aromatic N) is 1. The number of ether oxygens (including phenoxy) is 1. The molecule has 0 saturated carbocycles. The third-order valence-electron chi connectivity index (χ3n) is 13.7. The highest BCUT2D eigenvalue weighted by atomic mass is 79.9. The fraction of sp³-hybridized carbons (Fsp3) is 0.509. The zero-order chi connectivity index (χ0) is 63.2. The minimum Gasteiger partial charge on any atom is -0.481 e. The maximum absolute atomic E-state index is 13.5. The Morgan fingerprint density at radius 1 is 0.537 bits per heavy atom. The van der Waals surface area contributed by atoms with Crippen molar-refractivity contribution < 1.29 is 60.4 Å². The molecule has 0 unspecified atom stereocenters. The molecule has 1 amide bonds. The van der Waals surface area contributed by atoms with Gasteiger partial charge in [0.15, 0.2) is 0 Å². The fourth-order valence-electron chi connectivity index (χ4n) is 6.35. The number of carboxylic acid groups (broad SMARTS) is 1. The van der Waals surface area contributed by atoms with Crippen molar-refractivity contribution in [3.63, 3.8) is 0 Å². The number of amides is 1. The molecule has 0 aromatic heterocycles. The molecule has 0 spiro atoms. The van der Waals surface area contributed by atoms with Crippen LogP contribution in [0, 0.1) is 56.3 Å². The van der Waals surface area contributed by atoms with E-state index in [-0.39, 0.29) is 52.4 Å². The van der Waals surface area contributed by atoms with Crippen molar-refractivity contribution in [2.45, 2.75) is 133 Å². The minimum atomic E-state index is -0.931. The third-order valence-corrected chi connectivity index (χ3v) is 15.6. The SMILES string of the molecule is CC(C)(C#N)CNc1ccc(Br)cc1F.CC(C)(CNc1ccc(Br)cc1F)C(=O)O.CC(C)(CNc1ccc(Br)cc1F)C(N)=O.CC1(C)OB(B2OC(C)(C)C(C)(C)O2)OC1(C)C.COC(=O)C(C)(C)CNc1ccc(Br)cc1F. The molecule has 25 heteroatoms. The second-order valence-electron chi connectivity index (χ2n) is 24.0. The lowest BCUT2D eigenvalue weighted by atomic mass is 9.49. The third kappa shape index (κ3) is 22.5. The minimum absolute atomic E-state index is 0.168. The maximum atomic E-state index is 13.5. The Balaban J connectivity index is 0.000000351. The highest BCUT2D eigenvalue weighted by molar-refractivity contribution is 9.11. The Hall–Kier alpha value is -4.41. The van der Waals surface area contributed by atoms with E-state index in [1.54, 1.807) is 104 Å². The van der Waals surface area contributed by atoms with Gasteiger partial charge in [0.2, 0.25) is 5.91 Å². The molecule has 2 aliphatic rings. The number of hydrogen-bond donors (Lipinski definition) is 6. The van der Waals surface area contributed by atoms with Crippen LogP contribution in [0.15, 0.2) is 90.7 Å². The van der Waals surface area contributed by atoms with Crippen LogP contribution < -0.4 is 27.0 Å². The molecule has 7 N–H and O–H groups in total. The molecule has 452 valence electrons. The summed E-state index contributed by atoms with van der Waals surface area (Å²) in [5, 5.41) is 29.1. The molecular weight excluding hydrogens is 1330 g/mol. The van der Waals surface area contributed by atoms with Crippen molar-refractivity contribution in [3.05, 3.63) is 114 Å². The lowest BCUT2D eigenvalue weighted by Gasteiger charge is -2.32. The summed E-state index contributed by atoms with van der Waals surface area (Å²) in [5.74, 6) is -3.12. The molecule has 4 aromatic rings. The molecule has 0 bridgehead atoms. The van der Waals surface area contributed by atoms with Crippen molar-refractivity contribution in [1.82, 2.24) is 0 Å². The van der Waals surface area contributed by atoms with Gasteiger partial charge in [0.05, 0.1) is 80.0 Å². The van der Waals surface area contributed by atoms with Gasteiger partial charge in [-0.15, -0.1) is 0 Å². The molecule has 82 heavy (non-hydrogen) atoms. The van der Waals surface area contributed by atoms with Crippen molar-refractivity contribution in [1.29, 1.82) is 5.26 Å². The average molecular weight is 1410 g/mol. The van der Waals surface area contributed by atoms with E-state index in [0.717, 1.165) is 0 Å². The number of rotatable bonds is 16. The van der Waals surface area contributed by atoms with Crippen LogP contribution in [0.4, 0.5) is 40.3 Å². The normalized spacial score (nSPS) is 15.7. The van der Waals surface area contributed by atoms with Gasteiger partial charge in [-0.25, -0.2) is 17.6 Å². The summed E-state index contributed by atoms with van der Waals surface area (Å²) in [4.78, 5) is 33.3. The predicted molar refractivity (Wildman–Crippen MR) is 332 cm³/mol. The Labute approximate surface area is 515 Å². The molecule has 0 radical (unpaired) electrons. The number of methoxy groups -OCH3 is 1. The molecule has 2 saturated heterocycles. The summed E-state index contributed by atoms with van der Waals surface area (Å²) in [7, 11) is 0.386. The zero-order valence-corrected chi connectivity index (χ0v) is 56.0. The van der Waals surface area contributed by atoms with E-state index in [4.69, 9.17) is 34.7 Å². The van der Waals surface area contributed by atoms with E-state index in [0.29, 0.717) is 60.3 Å². The van der Waals surface area contributed by atoms with Gasteiger partial charge in [0, 0.05) is 44.1 Å². The lowest BCUT2D eigenvalue weighted by molar-refractivity contribution is -0.150. The molecular formula is C57H78B2Br4F4N6O9. The van der Waals surface area contributed by atoms with E-state index in [2.05, 4.69) is 95.8 Å². The molecule has 4 aromatic carbocycles. The molecule has 15 nitrogen and oxygen atoms in total. The Morgan fingerprint density at radius 2 is 0.793 bits per heavy atom. The van der Waals surface area contributed by atoms with E-state index in [1.807, 2.05) is 55.4 Å². The number of halogens is 8. The number of carbonyl (C=O) groups is 3. The monoisotopic (exact) mass is 1400 g/mol. The standard InChI is InChI=1S/C12H24B2O4.C12H15BrFNO2.C11H14BrFN2O.C11H12BrFN2.C11H13BrFNO2/c1-9(2)10(3,4)16-13(15-9)14-17-11(5,6)12(7,8)18-14;1-12(2,11(16)17-3)7-15-10-5-4-8(13)6-9(10)14;1-11(2,10(14)16)6-15-9-4-3-7(12)5-8(9)13;1-11(2,6-14)7-15-10-4-3-8(12)5-9(10)13;1-11(2,10(15)16)6-14-9-4-3-7(12)5-8(9)13/h1-8H3;4-6,15H,7H2,1-3H3;3-5,15H,6H2,1-2H3,(H2,14,16);3-5,15H,7H2,1-2H3;3-5,14H,6H2,1-2H3,(H,15,16). The Morgan fingerprint density at radius 3 is 1.02 bits per heavy atom. The van der Waals surface area contributed by atoms with Crippen LogP contribution in [-0.4, -0.2) is 92.7 Å². The summed E-state index contributed by atoms with van der Waals surface area (Å²) >= 11 is 12.7. The number of aliphatic carboxylic acids is 1. The number of nitriles is 1. The molecule has 2 heterocycles. The molecule has 2 aliphatic heterocycles. The number of nitrogens with two attached hydrogens (primary N) is 1. The van der Waals surface area contributed by atoms with Crippen LogP contribution in [0.2, 0.25) is 0 Å². The van der Waals surface area contributed by atoms with Gasteiger partial charge in [-0.1, -0.05) is 63.7 Å². The fourth-order valence-corrected chi connectivity index (χ4v) is 7.68. The van der Waals surface area contributed by atoms with E-state index in [9.17, 15) is 31.9 Å². The van der Waals surface area contributed by atoms with Crippen molar-refractivity contribution >= 4 is 118 Å². The van der Waals surface area contributed by atoms with Gasteiger partial charge in [-0.2, -0.15) is 5.26 Å². The molecule has 6 rings (SSSR count). The van der Waals surface area contributed by atoms with Crippen LogP contribution >= 0.6 is 63.7 Å². The second kappa shape index (κ2) is 30.1. The first-order chi connectivity index (χ1) is 37.3. The lowest BCUT2D eigenvalue weighted by Crippen LogP contribution is -2.41. The summed E-state index contributed by atoms with van der Waals surface area (Å²) in [6.45, 7) is 31.1. The Kier molecular flexibility index (Phi) is 27.0. The van der Waals surface area contributed by atoms with Gasteiger partial charge >= 0.3 is 26.0 Å². The van der Waals surface area contributed by atoms with Crippen molar-refractivity contribution in [3.8, 4) is 6.07 Å². The first-order valence-corrected chi connectivity index (χ1v) is 29.0. The zero-order valence-electron chi connectivity index (χ0n) is 49.7. The largest absolute Gasteiger partial charge is 0.488 e. The average Bonchev–Trinajstić information content (AvgIpc) is 3.48. The van der Waals surface area contributed by atoms with Gasteiger partial charge < -0.3 is 55.5 Å². The molecule has 2 fully saturated rings. The predicted octanol–water partition coefficient (Wildman–Crippen LogP) is 14.6. The number of esters is 1. The van der Waals surface area contributed by atoms with Gasteiger partial charge in [-0.3, -0.25) is 14.4 Å². The summed E-state index contributed by atoms with van der Waals surface area (Å²) in [6, 6.07) is 20.9. The maximum Gasteiger partial charge on any atom is 0.488 e. The number of carbonyl (C=O) groups excluding carboxylic acids is 2. The van der Waals surface area contributed by atoms with Gasteiger partial charge in [0.1, 0.15) is 23.3 Å². The van der Waals surface area contributed by atoms with E-state index >= 15 is 0 Å². The van der Waals surface area contributed by atoms with Crippen LogP contribution in [0.5, 0.6) is 0 Å². The van der Waals surface area contributed by atoms with Crippen LogP contribution in [0.25, 0.3) is 0 Å². The first kappa shape index (κ1) is 73.7. The number of primary amides is 1. The van der Waals surface area contributed by atoms with Crippen LogP contribution in [0.1, 0.15) is 111 Å². The summed E-state index contributed by atoms with van der Waals surface area (Å²) in [6.07, 6.45) is 0. The Bertz CT molecular complexity index is 2730. The molecule has 0 aliphatic carbocycles. The van der Waals surface area contributed by atoms with Gasteiger partial charge in [-0.05, 0) is 184 Å². The van der Waals surface area contributed by atoms with Crippen molar-refractivity contribution in [2.24, 2.45) is 27.4 Å². The number of anilines is 4. The second-order valence-corrected chi connectivity index (χ2v) is 27.6. The number of carboxylic acids is 1. The van der Waals surface area contributed by atoms with Crippen molar-refractivity contribution in [2.75, 3.05) is 54.6 Å². The summed E-state index contributed by atoms with van der Waals surface area (Å²) < 4.78 is 84.9. The van der Waals surface area contributed by atoms with Crippen LogP contribution in [0.3, 0.4) is 0 Å². The number of hydrogen-bond acceptors (Lipinski definition) is 13. The van der Waals surface area contributed by atoms with E-state index < -0.39 is 53.4 Å². The summed E-state index contributed by atoms with van der Waals surface area (Å²) in [5.41, 5.74) is 2.38.